The van der Waals surface area contributed by atoms with Gasteiger partial charge in [-0.05, 0) is 124 Å². The number of hydrogen-bond donors (Lipinski definition) is 1. The summed E-state index contributed by atoms with van der Waals surface area (Å²) in [6.07, 6.45) is -8.86. The van der Waals surface area contributed by atoms with Gasteiger partial charge in [0.05, 0.1) is 30.8 Å². The number of phenolic OH excluding ortho intramolecular Hbond substituents is 1. The standard InChI is InChI=1S/C29H28F3NO5.C15H10F3NO2/c1-5-36-27(35)28(3,4)38-24-14-9-19(15-18(24)2)17-37-25-8-6-7-22-23(25)16-33(26(22)34)21-12-10-20(11-13-21)29(30,31)32;16-15(17,18)9-4-6-10(7-5-9)19-8-12-11(14(19)21)2-1-3-13(12)20/h6-15H,5,16-17H2,1-4H3;1-7,20H,8H2. The summed E-state index contributed by atoms with van der Waals surface area (Å²) in [5.74, 6) is -0.0100. The van der Waals surface area contributed by atoms with Gasteiger partial charge in [0.1, 0.15) is 23.9 Å². The van der Waals surface area contributed by atoms with Crippen molar-refractivity contribution in [1.82, 2.24) is 0 Å². The zero-order valence-electron chi connectivity index (χ0n) is 32.2. The number of alkyl halides is 6. The Morgan fingerprint density at radius 2 is 1.20 bits per heavy atom. The Morgan fingerprint density at radius 1 is 0.695 bits per heavy atom. The summed E-state index contributed by atoms with van der Waals surface area (Å²) in [6.45, 7) is 7.69. The highest BCUT2D eigenvalue weighted by Gasteiger charge is 2.35. The molecule has 15 heteroatoms. The molecular weight excluding hydrogens is 782 g/mol. The molecule has 0 saturated heterocycles. The number of phenols is 1. The van der Waals surface area contributed by atoms with Crippen molar-refractivity contribution in [2.75, 3.05) is 16.4 Å². The van der Waals surface area contributed by atoms with Gasteiger partial charge in [0.2, 0.25) is 0 Å². The molecule has 0 radical (unpaired) electrons. The van der Waals surface area contributed by atoms with Crippen molar-refractivity contribution < 1.29 is 60.0 Å². The molecular formula is C44H38F6N2O7. The third-order valence-corrected chi connectivity index (χ3v) is 9.65. The van der Waals surface area contributed by atoms with Gasteiger partial charge in [0.15, 0.2) is 5.60 Å². The third-order valence-electron chi connectivity index (χ3n) is 9.65. The Morgan fingerprint density at radius 3 is 1.69 bits per heavy atom. The van der Waals surface area contributed by atoms with Crippen LogP contribution in [0.25, 0.3) is 0 Å². The number of fused-ring (bicyclic) bond motifs is 2. The summed E-state index contributed by atoms with van der Waals surface area (Å²) in [7, 11) is 0. The van der Waals surface area contributed by atoms with Gasteiger partial charge in [0.25, 0.3) is 11.8 Å². The number of aromatic hydroxyl groups is 1. The zero-order valence-corrected chi connectivity index (χ0v) is 32.2. The molecule has 0 aliphatic carbocycles. The molecule has 0 unspecified atom stereocenters. The summed E-state index contributed by atoms with van der Waals surface area (Å²) in [5.41, 5.74) is 1.70. The predicted octanol–water partition coefficient (Wildman–Crippen LogP) is 10.0. The Labute approximate surface area is 335 Å². The van der Waals surface area contributed by atoms with E-state index >= 15 is 0 Å². The fraction of sp³-hybridized carbons (Fsp3) is 0.250. The maximum Gasteiger partial charge on any atom is 0.416 e. The van der Waals surface area contributed by atoms with E-state index in [2.05, 4.69) is 0 Å². The number of benzene rings is 5. The molecule has 308 valence electrons. The zero-order chi connectivity index (χ0) is 42.9. The van der Waals surface area contributed by atoms with Crippen LogP contribution in [0.1, 0.15) is 74.9 Å². The number of carbonyl (C=O) groups is 3. The highest BCUT2D eigenvalue weighted by molar-refractivity contribution is 6.11. The molecule has 0 fully saturated rings. The van der Waals surface area contributed by atoms with E-state index in [1.165, 1.54) is 40.1 Å². The molecule has 5 aromatic carbocycles. The molecule has 0 atom stereocenters. The minimum Gasteiger partial charge on any atom is -0.508 e. The van der Waals surface area contributed by atoms with Gasteiger partial charge in [-0.3, -0.25) is 9.59 Å². The van der Waals surface area contributed by atoms with Gasteiger partial charge in [-0.2, -0.15) is 26.3 Å². The molecule has 7 rings (SSSR count). The topological polar surface area (TPSA) is 106 Å². The fourth-order valence-electron chi connectivity index (χ4n) is 6.53. The largest absolute Gasteiger partial charge is 0.508 e. The molecule has 0 spiro atoms. The quantitative estimate of drug-likeness (QED) is 0.117. The average molecular weight is 821 g/mol. The van der Waals surface area contributed by atoms with Crippen molar-refractivity contribution in [3.8, 4) is 17.2 Å². The van der Waals surface area contributed by atoms with Crippen molar-refractivity contribution in [2.45, 2.75) is 65.3 Å². The SMILES string of the molecule is CCOC(=O)C(C)(C)Oc1ccc(COc2cccc3c2CN(c2ccc(C(F)(F)F)cc2)C3=O)cc1C.O=C1c2cccc(O)c2CN1c1ccc(C(F)(F)F)cc1. The van der Waals surface area contributed by atoms with Crippen molar-refractivity contribution >= 4 is 29.2 Å². The number of carbonyl (C=O) groups excluding carboxylic acids is 3. The molecule has 59 heavy (non-hydrogen) atoms. The first-order valence-corrected chi connectivity index (χ1v) is 18.3. The van der Waals surface area contributed by atoms with Gasteiger partial charge in [-0.25, -0.2) is 4.79 Å². The van der Waals surface area contributed by atoms with Crippen LogP contribution in [0.15, 0.2) is 103 Å². The van der Waals surface area contributed by atoms with Crippen LogP contribution in [0, 0.1) is 6.92 Å². The molecule has 1 N–H and O–H groups in total. The van der Waals surface area contributed by atoms with E-state index in [-0.39, 0.29) is 43.9 Å². The fourth-order valence-corrected chi connectivity index (χ4v) is 6.53. The van der Waals surface area contributed by atoms with Crippen LogP contribution in [-0.2, 0) is 41.6 Å². The third kappa shape index (κ3) is 9.14. The Balaban J connectivity index is 0.000000234. The second kappa shape index (κ2) is 16.4. The monoisotopic (exact) mass is 820 g/mol. The molecule has 9 nitrogen and oxygen atoms in total. The Kier molecular flexibility index (Phi) is 11.7. The lowest BCUT2D eigenvalue weighted by molar-refractivity contribution is -0.158. The molecule has 2 aliphatic heterocycles. The molecule has 0 aromatic heterocycles. The first-order chi connectivity index (χ1) is 27.8. The van der Waals surface area contributed by atoms with E-state index < -0.39 is 35.0 Å². The van der Waals surface area contributed by atoms with E-state index in [1.807, 2.05) is 19.1 Å². The van der Waals surface area contributed by atoms with Crippen molar-refractivity contribution in [3.63, 3.8) is 0 Å². The van der Waals surface area contributed by atoms with Gasteiger partial charge in [-0.15, -0.1) is 0 Å². The number of nitrogens with zero attached hydrogens (tertiary/aromatic N) is 2. The maximum atomic E-state index is 13.0. The highest BCUT2D eigenvalue weighted by atomic mass is 19.4. The highest BCUT2D eigenvalue weighted by Crippen LogP contribution is 2.38. The minimum atomic E-state index is -4.45. The molecule has 5 aromatic rings. The van der Waals surface area contributed by atoms with Crippen LogP contribution in [0.4, 0.5) is 37.7 Å². The summed E-state index contributed by atoms with van der Waals surface area (Å²) in [4.78, 5) is 40.1. The molecule has 0 bridgehead atoms. The van der Waals surface area contributed by atoms with Gasteiger partial charge < -0.3 is 29.1 Å². The first kappa shape index (κ1) is 42.1. The second-order valence-corrected chi connectivity index (χ2v) is 14.2. The normalized spacial score (nSPS) is 13.7. The van der Waals surface area contributed by atoms with Crippen molar-refractivity contribution in [1.29, 1.82) is 0 Å². The predicted molar refractivity (Wildman–Crippen MR) is 205 cm³/mol. The van der Waals surface area contributed by atoms with Crippen LogP contribution in [-0.4, -0.2) is 35.1 Å². The van der Waals surface area contributed by atoms with Crippen molar-refractivity contribution in [2.24, 2.45) is 0 Å². The van der Waals surface area contributed by atoms with Crippen LogP contribution < -0.4 is 19.3 Å². The number of ether oxygens (including phenoxy) is 3. The summed E-state index contributed by atoms with van der Waals surface area (Å²) >= 11 is 0. The lowest BCUT2D eigenvalue weighted by Gasteiger charge is -2.25. The number of hydrogen-bond acceptors (Lipinski definition) is 7. The molecule has 2 amide bonds. The van der Waals surface area contributed by atoms with E-state index in [4.69, 9.17) is 14.2 Å². The number of anilines is 2. The number of esters is 1. The second-order valence-electron chi connectivity index (χ2n) is 14.2. The van der Waals surface area contributed by atoms with Gasteiger partial charge >= 0.3 is 18.3 Å². The van der Waals surface area contributed by atoms with Crippen LogP contribution >= 0.6 is 0 Å². The van der Waals surface area contributed by atoms with Gasteiger partial charge in [-0.1, -0.05) is 18.2 Å². The number of rotatable bonds is 9. The van der Waals surface area contributed by atoms with Gasteiger partial charge in [0, 0.05) is 33.6 Å². The van der Waals surface area contributed by atoms with E-state index in [9.17, 15) is 45.8 Å². The summed E-state index contributed by atoms with van der Waals surface area (Å²) in [5, 5.41) is 9.74. The average Bonchev–Trinajstić information content (AvgIpc) is 3.72. The lowest BCUT2D eigenvalue weighted by Crippen LogP contribution is -2.39. The molecule has 2 aliphatic rings. The number of halogens is 6. The first-order valence-electron chi connectivity index (χ1n) is 18.3. The molecule has 2 heterocycles. The van der Waals surface area contributed by atoms with E-state index in [1.54, 1.807) is 57.2 Å². The van der Waals surface area contributed by atoms with Crippen LogP contribution in [0.2, 0.25) is 0 Å². The van der Waals surface area contributed by atoms with Crippen molar-refractivity contribution in [3.05, 3.63) is 148 Å². The minimum absolute atomic E-state index is 0.00950. The van der Waals surface area contributed by atoms with E-state index in [0.29, 0.717) is 45.1 Å². The number of amides is 2. The lowest BCUT2D eigenvalue weighted by atomic mass is 10.1. The van der Waals surface area contributed by atoms with Crippen LogP contribution in [0.5, 0.6) is 17.2 Å². The summed E-state index contributed by atoms with van der Waals surface area (Å²) < 4.78 is 93.4. The van der Waals surface area contributed by atoms with E-state index in [0.717, 1.165) is 35.4 Å². The Bertz CT molecular complexity index is 2380. The summed E-state index contributed by atoms with van der Waals surface area (Å²) in [6, 6.07) is 24.1. The smallest absolute Gasteiger partial charge is 0.416 e. The van der Waals surface area contributed by atoms with Crippen LogP contribution in [0.3, 0.4) is 0 Å². The number of aryl methyl sites for hydroxylation is 1. The Hall–Kier alpha value is -6.51. The maximum absolute atomic E-state index is 13.0. The molecule has 0 saturated carbocycles.